The zero-order chi connectivity index (χ0) is 13.7. The van der Waals surface area contributed by atoms with Crippen LogP contribution in [0.4, 0.5) is 5.69 Å². The largest absolute Gasteiger partial charge is 0.393 e. The first-order valence-electron chi connectivity index (χ1n) is 5.74. The summed E-state index contributed by atoms with van der Waals surface area (Å²) in [6.45, 7) is 4.08. The van der Waals surface area contributed by atoms with E-state index < -0.39 is 0 Å². The molecule has 1 aromatic rings. The van der Waals surface area contributed by atoms with Crippen molar-refractivity contribution in [2.75, 3.05) is 0 Å². The Morgan fingerprint density at radius 3 is 2.72 bits per heavy atom. The quantitative estimate of drug-likeness (QED) is 0.625. The van der Waals surface area contributed by atoms with Crippen LogP contribution in [0.25, 0.3) is 0 Å². The molecule has 18 heavy (non-hydrogen) atoms. The molecular weight excluding hydrogens is 300 g/mol. The van der Waals surface area contributed by atoms with Crippen LogP contribution in [0, 0.1) is 10.1 Å². The number of nitrogens with zero attached hydrogens (tertiary/aromatic N) is 1. The molecule has 0 amide bonds. The van der Waals surface area contributed by atoms with Gasteiger partial charge in [0.1, 0.15) is 0 Å². The number of hydrogen-bond donors (Lipinski definition) is 2. The van der Waals surface area contributed by atoms with E-state index in [1.807, 2.05) is 6.92 Å². The van der Waals surface area contributed by atoms with Gasteiger partial charge in [-0.25, -0.2) is 0 Å². The number of halogens is 1. The molecule has 0 aliphatic heterocycles. The third-order valence-corrected chi connectivity index (χ3v) is 3.07. The Bertz CT molecular complexity index is 424. The van der Waals surface area contributed by atoms with Crippen LogP contribution in [0.1, 0.15) is 25.8 Å². The fourth-order valence-corrected chi connectivity index (χ4v) is 2.08. The minimum Gasteiger partial charge on any atom is -0.393 e. The molecule has 5 nitrogen and oxygen atoms in total. The van der Waals surface area contributed by atoms with E-state index in [9.17, 15) is 15.2 Å². The van der Waals surface area contributed by atoms with Crippen LogP contribution in [0.2, 0.25) is 0 Å². The first-order chi connectivity index (χ1) is 8.40. The van der Waals surface area contributed by atoms with Crippen LogP contribution < -0.4 is 5.32 Å². The van der Waals surface area contributed by atoms with Gasteiger partial charge in [0.05, 0.1) is 11.0 Å². The smallest absolute Gasteiger partial charge is 0.275 e. The summed E-state index contributed by atoms with van der Waals surface area (Å²) in [7, 11) is 0. The van der Waals surface area contributed by atoms with Crippen molar-refractivity contribution in [2.24, 2.45) is 0 Å². The summed E-state index contributed by atoms with van der Waals surface area (Å²) in [6, 6.07) is 5.11. The number of benzene rings is 1. The van der Waals surface area contributed by atoms with Crippen LogP contribution in [0.15, 0.2) is 22.7 Å². The number of nitro groups is 1. The summed E-state index contributed by atoms with van der Waals surface area (Å²) in [5.41, 5.74) is 0.738. The first-order valence-corrected chi connectivity index (χ1v) is 6.53. The van der Waals surface area contributed by atoms with Gasteiger partial charge in [0.2, 0.25) is 0 Å². The van der Waals surface area contributed by atoms with Crippen LogP contribution in [-0.4, -0.2) is 22.2 Å². The lowest BCUT2D eigenvalue weighted by Crippen LogP contribution is -2.28. The van der Waals surface area contributed by atoms with E-state index in [4.69, 9.17) is 0 Å². The van der Waals surface area contributed by atoms with Crippen molar-refractivity contribution in [3.8, 4) is 0 Å². The second kappa shape index (κ2) is 6.82. The van der Waals surface area contributed by atoms with Gasteiger partial charge in [0.15, 0.2) is 0 Å². The Kier molecular flexibility index (Phi) is 5.71. The molecule has 0 fully saturated rings. The van der Waals surface area contributed by atoms with E-state index in [0.29, 0.717) is 23.0 Å². The highest BCUT2D eigenvalue weighted by Gasteiger charge is 2.14. The SMILES string of the molecule is CC(O)CC(C)NCc1ccc(Br)cc1[N+](=O)[O-]. The van der Waals surface area contributed by atoms with Gasteiger partial charge >= 0.3 is 0 Å². The Morgan fingerprint density at radius 2 is 2.17 bits per heavy atom. The Morgan fingerprint density at radius 1 is 1.50 bits per heavy atom. The highest BCUT2D eigenvalue weighted by atomic mass is 79.9. The van der Waals surface area contributed by atoms with E-state index in [-0.39, 0.29) is 22.8 Å². The summed E-state index contributed by atoms with van der Waals surface area (Å²) in [4.78, 5) is 10.5. The monoisotopic (exact) mass is 316 g/mol. The average Bonchev–Trinajstić information content (AvgIpc) is 2.26. The van der Waals surface area contributed by atoms with Crippen LogP contribution in [0.3, 0.4) is 0 Å². The van der Waals surface area contributed by atoms with Crippen molar-refractivity contribution < 1.29 is 10.0 Å². The van der Waals surface area contributed by atoms with Crippen molar-refractivity contribution in [1.82, 2.24) is 5.32 Å². The maximum absolute atomic E-state index is 10.9. The highest BCUT2D eigenvalue weighted by molar-refractivity contribution is 9.10. The molecule has 0 aliphatic carbocycles. The van der Waals surface area contributed by atoms with Gasteiger partial charge in [-0.15, -0.1) is 0 Å². The zero-order valence-electron chi connectivity index (χ0n) is 10.4. The highest BCUT2D eigenvalue weighted by Crippen LogP contribution is 2.23. The first kappa shape index (κ1) is 15.1. The summed E-state index contributed by atoms with van der Waals surface area (Å²) in [5.74, 6) is 0. The Hall–Kier alpha value is -0.980. The molecule has 2 N–H and O–H groups in total. The van der Waals surface area contributed by atoms with Gasteiger partial charge in [-0.3, -0.25) is 10.1 Å². The fraction of sp³-hybridized carbons (Fsp3) is 0.500. The average molecular weight is 317 g/mol. The third-order valence-electron chi connectivity index (χ3n) is 2.58. The molecule has 1 aromatic carbocycles. The molecule has 0 radical (unpaired) electrons. The molecule has 0 bridgehead atoms. The zero-order valence-corrected chi connectivity index (χ0v) is 12.0. The van der Waals surface area contributed by atoms with E-state index in [1.165, 1.54) is 6.07 Å². The fourth-order valence-electron chi connectivity index (χ4n) is 1.74. The van der Waals surface area contributed by atoms with Crippen molar-refractivity contribution in [2.45, 2.75) is 39.0 Å². The van der Waals surface area contributed by atoms with E-state index in [0.717, 1.165) is 0 Å². The maximum atomic E-state index is 10.9. The van der Waals surface area contributed by atoms with Gasteiger partial charge in [0.25, 0.3) is 5.69 Å². The molecule has 0 spiro atoms. The van der Waals surface area contributed by atoms with Gasteiger partial charge in [-0.1, -0.05) is 15.9 Å². The molecule has 0 saturated carbocycles. The number of aliphatic hydroxyl groups excluding tert-OH is 1. The number of nitrogens with one attached hydrogen (secondary N) is 1. The number of hydrogen-bond acceptors (Lipinski definition) is 4. The normalized spacial score (nSPS) is 14.2. The predicted octanol–water partition coefficient (Wildman–Crippen LogP) is 2.61. The van der Waals surface area contributed by atoms with E-state index in [1.54, 1.807) is 19.1 Å². The number of rotatable bonds is 6. The van der Waals surface area contributed by atoms with Gasteiger partial charge in [0, 0.05) is 28.7 Å². The minimum atomic E-state index is -0.388. The van der Waals surface area contributed by atoms with Crippen LogP contribution in [0.5, 0.6) is 0 Å². The third kappa shape index (κ3) is 4.72. The molecular formula is C12H17BrN2O3. The summed E-state index contributed by atoms with van der Waals surface area (Å²) < 4.78 is 0.690. The van der Waals surface area contributed by atoms with Crippen LogP contribution in [-0.2, 0) is 6.54 Å². The van der Waals surface area contributed by atoms with E-state index in [2.05, 4.69) is 21.2 Å². The molecule has 2 unspecified atom stereocenters. The second-order valence-electron chi connectivity index (χ2n) is 4.40. The number of aliphatic hydroxyl groups is 1. The van der Waals surface area contributed by atoms with Crippen molar-refractivity contribution >= 4 is 21.6 Å². The Balaban J connectivity index is 2.70. The molecule has 0 aliphatic rings. The van der Waals surface area contributed by atoms with E-state index >= 15 is 0 Å². The topological polar surface area (TPSA) is 75.4 Å². The predicted molar refractivity (Wildman–Crippen MR) is 73.4 cm³/mol. The Labute approximate surface area is 114 Å². The van der Waals surface area contributed by atoms with Gasteiger partial charge in [-0.2, -0.15) is 0 Å². The summed E-state index contributed by atoms with van der Waals surface area (Å²) in [6.07, 6.45) is 0.233. The molecule has 0 saturated heterocycles. The minimum absolute atomic E-state index is 0.0983. The standard InChI is InChI=1S/C12H17BrN2O3/c1-8(5-9(2)16)14-7-10-3-4-11(13)6-12(10)15(17)18/h3-4,6,8-9,14,16H,5,7H2,1-2H3. The molecule has 0 aromatic heterocycles. The van der Waals surface area contributed by atoms with Crippen molar-refractivity contribution in [3.05, 3.63) is 38.3 Å². The van der Waals surface area contributed by atoms with Crippen molar-refractivity contribution in [1.29, 1.82) is 0 Å². The molecule has 1 rings (SSSR count). The van der Waals surface area contributed by atoms with Gasteiger partial charge < -0.3 is 10.4 Å². The lowest BCUT2D eigenvalue weighted by atomic mass is 10.1. The molecule has 0 heterocycles. The maximum Gasteiger partial charge on any atom is 0.275 e. The summed E-state index contributed by atoms with van der Waals surface area (Å²) in [5, 5.41) is 23.3. The van der Waals surface area contributed by atoms with Crippen molar-refractivity contribution in [3.63, 3.8) is 0 Å². The lowest BCUT2D eigenvalue weighted by molar-refractivity contribution is -0.385. The number of nitro benzene ring substituents is 1. The molecule has 2 atom stereocenters. The lowest BCUT2D eigenvalue weighted by Gasteiger charge is -2.15. The molecule has 6 heteroatoms. The summed E-state index contributed by atoms with van der Waals surface area (Å²) >= 11 is 3.22. The van der Waals surface area contributed by atoms with Crippen LogP contribution >= 0.6 is 15.9 Å². The van der Waals surface area contributed by atoms with Gasteiger partial charge in [-0.05, 0) is 32.4 Å². The second-order valence-corrected chi connectivity index (χ2v) is 5.31. The molecule has 100 valence electrons.